The molecule has 2 rings (SSSR count). The van der Waals surface area contributed by atoms with Gasteiger partial charge in [-0.25, -0.2) is 0 Å². The van der Waals surface area contributed by atoms with Gasteiger partial charge in [-0.2, -0.15) is 0 Å². The van der Waals surface area contributed by atoms with Gasteiger partial charge in [0.1, 0.15) is 6.10 Å². The summed E-state index contributed by atoms with van der Waals surface area (Å²) in [6, 6.07) is 0. The molecule has 0 aromatic carbocycles. The van der Waals surface area contributed by atoms with Crippen LogP contribution in [0, 0.1) is 11.8 Å². The topological polar surface area (TPSA) is 26.3 Å². The summed E-state index contributed by atoms with van der Waals surface area (Å²) in [4.78, 5) is 11.5. The van der Waals surface area contributed by atoms with Gasteiger partial charge in [-0.3, -0.25) is 4.79 Å². The molecule has 0 amide bonds. The Morgan fingerprint density at radius 3 is 2.31 bits per heavy atom. The maximum atomic E-state index is 11.5. The summed E-state index contributed by atoms with van der Waals surface area (Å²) >= 11 is 0. The maximum Gasteiger partial charge on any atom is 0.309 e. The first-order valence-electron chi connectivity index (χ1n) is 5.48. The zero-order valence-electron chi connectivity index (χ0n) is 8.29. The zero-order valence-corrected chi connectivity index (χ0v) is 8.29. The molecule has 2 heteroatoms. The number of hydrogen-bond acceptors (Lipinski definition) is 2. The first-order chi connectivity index (χ1) is 6.27. The average Bonchev–Trinajstić information content (AvgIpc) is 2.32. The smallest absolute Gasteiger partial charge is 0.309 e. The Hall–Kier alpha value is -0.530. The number of carbonyl (C=O) groups excluding carboxylic acids is 1. The molecule has 0 spiro atoms. The quantitative estimate of drug-likeness (QED) is 0.613. The van der Waals surface area contributed by atoms with Gasteiger partial charge in [0.25, 0.3) is 0 Å². The molecule has 0 saturated heterocycles. The van der Waals surface area contributed by atoms with Crippen molar-refractivity contribution in [2.75, 3.05) is 0 Å². The summed E-state index contributed by atoms with van der Waals surface area (Å²) in [6.07, 6.45) is 7.08. The van der Waals surface area contributed by atoms with Gasteiger partial charge in [0.05, 0.1) is 5.92 Å². The van der Waals surface area contributed by atoms with E-state index in [9.17, 15) is 4.79 Å². The largest absolute Gasteiger partial charge is 0.462 e. The lowest BCUT2D eigenvalue weighted by atomic mass is 9.85. The Kier molecular flexibility index (Phi) is 2.56. The van der Waals surface area contributed by atoms with E-state index in [2.05, 4.69) is 6.92 Å². The Morgan fingerprint density at radius 1 is 1.15 bits per heavy atom. The molecule has 0 aliphatic heterocycles. The van der Waals surface area contributed by atoms with Crippen LogP contribution in [0.2, 0.25) is 0 Å². The standard InChI is InChI=1S/C11H18O2/c1-8-4-2-7-10(8)13-11(12)9-5-3-6-9/h8-10H,2-7H2,1H3/t8-,10-/m1/s1. The van der Waals surface area contributed by atoms with E-state index in [1.165, 1.54) is 19.3 Å². The molecule has 0 aromatic heterocycles. The first kappa shape index (κ1) is 9.04. The van der Waals surface area contributed by atoms with Gasteiger partial charge in [-0.05, 0) is 38.0 Å². The lowest BCUT2D eigenvalue weighted by molar-refractivity contribution is -0.158. The van der Waals surface area contributed by atoms with E-state index in [0.717, 1.165) is 19.3 Å². The van der Waals surface area contributed by atoms with Gasteiger partial charge < -0.3 is 4.74 Å². The van der Waals surface area contributed by atoms with Gasteiger partial charge in [-0.15, -0.1) is 0 Å². The molecule has 0 N–H and O–H groups in total. The van der Waals surface area contributed by atoms with E-state index in [4.69, 9.17) is 4.74 Å². The summed E-state index contributed by atoms with van der Waals surface area (Å²) in [7, 11) is 0. The van der Waals surface area contributed by atoms with Crippen molar-refractivity contribution in [3.63, 3.8) is 0 Å². The van der Waals surface area contributed by atoms with E-state index < -0.39 is 0 Å². The van der Waals surface area contributed by atoms with Gasteiger partial charge >= 0.3 is 5.97 Å². The van der Waals surface area contributed by atoms with Crippen LogP contribution in [0.3, 0.4) is 0 Å². The van der Waals surface area contributed by atoms with E-state index >= 15 is 0 Å². The maximum absolute atomic E-state index is 11.5. The van der Waals surface area contributed by atoms with Gasteiger partial charge in [-0.1, -0.05) is 13.3 Å². The minimum absolute atomic E-state index is 0.0741. The van der Waals surface area contributed by atoms with Gasteiger partial charge in [0.15, 0.2) is 0 Å². The van der Waals surface area contributed by atoms with Crippen molar-refractivity contribution in [2.45, 2.75) is 51.6 Å². The van der Waals surface area contributed by atoms with Crippen LogP contribution in [0.15, 0.2) is 0 Å². The van der Waals surface area contributed by atoms with Gasteiger partial charge in [0.2, 0.25) is 0 Å². The van der Waals surface area contributed by atoms with Crippen LogP contribution in [-0.4, -0.2) is 12.1 Å². The minimum atomic E-state index is 0.0741. The Balaban J connectivity index is 1.79. The highest BCUT2D eigenvalue weighted by atomic mass is 16.5. The second-order valence-electron chi connectivity index (χ2n) is 4.51. The van der Waals surface area contributed by atoms with Crippen LogP contribution in [0.1, 0.15) is 45.4 Å². The molecule has 74 valence electrons. The molecule has 13 heavy (non-hydrogen) atoms. The van der Waals surface area contributed by atoms with E-state index in [1.807, 2.05) is 0 Å². The summed E-state index contributed by atoms with van der Waals surface area (Å²) in [6.45, 7) is 2.19. The lowest BCUT2D eigenvalue weighted by Crippen LogP contribution is -2.29. The normalized spacial score (nSPS) is 34.2. The molecule has 2 saturated carbocycles. The van der Waals surface area contributed by atoms with Crippen LogP contribution in [-0.2, 0) is 9.53 Å². The molecule has 2 aliphatic rings. The van der Waals surface area contributed by atoms with Crippen molar-refractivity contribution in [3.8, 4) is 0 Å². The SMILES string of the molecule is C[C@@H]1CCC[C@H]1OC(=O)C1CCC1. The molecule has 2 aliphatic carbocycles. The number of rotatable bonds is 2. The first-order valence-corrected chi connectivity index (χ1v) is 5.48. The van der Waals surface area contributed by atoms with Crippen molar-refractivity contribution in [1.29, 1.82) is 0 Å². The lowest BCUT2D eigenvalue weighted by Gasteiger charge is -2.26. The highest BCUT2D eigenvalue weighted by Gasteiger charge is 2.32. The molecule has 0 unspecified atom stereocenters. The average molecular weight is 182 g/mol. The molecule has 0 heterocycles. The fraction of sp³-hybridized carbons (Fsp3) is 0.909. The van der Waals surface area contributed by atoms with Gasteiger partial charge in [0, 0.05) is 0 Å². The highest BCUT2D eigenvalue weighted by Crippen LogP contribution is 2.32. The Labute approximate surface area is 79.7 Å². The van der Waals surface area contributed by atoms with Crippen molar-refractivity contribution >= 4 is 5.97 Å². The molecule has 0 radical (unpaired) electrons. The van der Waals surface area contributed by atoms with Crippen molar-refractivity contribution < 1.29 is 9.53 Å². The van der Waals surface area contributed by atoms with Crippen LogP contribution in [0.4, 0.5) is 0 Å². The number of carbonyl (C=O) groups is 1. The molecule has 2 nitrogen and oxygen atoms in total. The van der Waals surface area contributed by atoms with E-state index in [-0.39, 0.29) is 18.0 Å². The van der Waals surface area contributed by atoms with Crippen LogP contribution in [0.25, 0.3) is 0 Å². The summed E-state index contributed by atoms with van der Waals surface area (Å²) in [5.74, 6) is 0.904. The molecular weight excluding hydrogens is 164 g/mol. The number of esters is 1. The van der Waals surface area contributed by atoms with E-state index in [0.29, 0.717) is 5.92 Å². The molecule has 0 aromatic rings. The monoisotopic (exact) mass is 182 g/mol. The summed E-state index contributed by atoms with van der Waals surface area (Å²) in [5.41, 5.74) is 0. The predicted octanol–water partition coefficient (Wildman–Crippen LogP) is 2.52. The fourth-order valence-corrected chi connectivity index (χ4v) is 2.18. The number of hydrogen-bond donors (Lipinski definition) is 0. The van der Waals surface area contributed by atoms with Crippen LogP contribution < -0.4 is 0 Å². The third-order valence-electron chi connectivity index (χ3n) is 3.49. The molecule has 2 atom stereocenters. The number of ether oxygens (including phenoxy) is 1. The van der Waals surface area contributed by atoms with Crippen LogP contribution >= 0.6 is 0 Å². The minimum Gasteiger partial charge on any atom is -0.462 e. The highest BCUT2D eigenvalue weighted by molar-refractivity contribution is 5.73. The second-order valence-corrected chi connectivity index (χ2v) is 4.51. The van der Waals surface area contributed by atoms with E-state index in [1.54, 1.807) is 0 Å². The van der Waals surface area contributed by atoms with Crippen molar-refractivity contribution in [2.24, 2.45) is 11.8 Å². The zero-order chi connectivity index (χ0) is 9.26. The van der Waals surface area contributed by atoms with Crippen molar-refractivity contribution in [1.82, 2.24) is 0 Å². The summed E-state index contributed by atoms with van der Waals surface area (Å²) in [5, 5.41) is 0. The second kappa shape index (κ2) is 3.69. The summed E-state index contributed by atoms with van der Waals surface area (Å²) < 4.78 is 5.49. The molecular formula is C11H18O2. The molecule has 0 bridgehead atoms. The third kappa shape index (κ3) is 1.87. The molecule has 2 fully saturated rings. The Bertz CT molecular complexity index is 196. The third-order valence-corrected chi connectivity index (χ3v) is 3.49. The predicted molar refractivity (Wildman–Crippen MR) is 50.2 cm³/mol. The van der Waals surface area contributed by atoms with Crippen LogP contribution in [0.5, 0.6) is 0 Å². The fourth-order valence-electron chi connectivity index (χ4n) is 2.18. The van der Waals surface area contributed by atoms with Crippen molar-refractivity contribution in [3.05, 3.63) is 0 Å². The Morgan fingerprint density at radius 2 is 1.85 bits per heavy atom.